The molecule has 31 heavy (non-hydrogen) atoms. The van der Waals surface area contributed by atoms with Gasteiger partial charge in [-0.1, -0.05) is 18.2 Å². The summed E-state index contributed by atoms with van der Waals surface area (Å²) in [7, 11) is 0. The van der Waals surface area contributed by atoms with Crippen LogP contribution in [-0.4, -0.2) is 40.8 Å². The van der Waals surface area contributed by atoms with Crippen LogP contribution in [0.2, 0.25) is 0 Å². The van der Waals surface area contributed by atoms with Gasteiger partial charge in [-0.25, -0.2) is 9.78 Å². The lowest BCUT2D eigenvalue weighted by molar-refractivity contribution is 0.0939. The quantitative estimate of drug-likeness (QED) is 0.555. The third-order valence-electron chi connectivity index (χ3n) is 5.52. The van der Waals surface area contributed by atoms with Crippen LogP contribution in [0.5, 0.6) is 5.75 Å². The third kappa shape index (κ3) is 4.77. The third-order valence-corrected chi connectivity index (χ3v) is 5.52. The molecule has 0 bridgehead atoms. The van der Waals surface area contributed by atoms with Crippen LogP contribution in [0.4, 0.5) is 4.79 Å². The van der Waals surface area contributed by atoms with Gasteiger partial charge in [-0.05, 0) is 62.6 Å². The van der Waals surface area contributed by atoms with Gasteiger partial charge in [0, 0.05) is 23.0 Å². The van der Waals surface area contributed by atoms with E-state index in [0.29, 0.717) is 30.7 Å². The standard InChI is InChI=1S/C24H25N3O4/c1-2-31-18-11-7-15(8-12-18)22-14-20(19-5-3-4-6-21(19)27-22)23(28)25-16-9-10-17(13-16)26-24(29)30/h3-8,11-12,14,16-17,26H,2,9-10,13H2,1H3,(H,25,28)(H,29,30)/t16-,17+/m0/s1. The zero-order chi connectivity index (χ0) is 21.8. The Morgan fingerprint density at radius 1 is 1.06 bits per heavy atom. The molecule has 7 heteroatoms. The average molecular weight is 419 g/mol. The molecule has 1 aromatic heterocycles. The van der Waals surface area contributed by atoms with E-state index in [1.807, 2.05) is 61.5 Å². The zero-order valence-electron chi connectivity index (χ0n) is 17.3. The second-order valence-corrected chi connectivity index (χ2v) is 7.66. The van der Waals surface area contributed by atoms with Crippen molar-refractivity contribution in [2.45, 2.75) is 38.3 Å². The number of para-hydroxylation sites is 1. The molecular weight excluding hydrogens is 394 g/mol. The van der Waals surface area contributed by atoms with Gasteiger partial charge in [-0.15, -0.1) is 0 Å². The first-order chi connectivity index (χ1) is 15.0. The lowest BCUT2D eigenvalue weighted by Crippen LogP contribution is -2.36. The van der Waals surface area contributed by atoms with Crippen LogP contribution < -0.4 is 15.4 Å². The molecule has 4 rings (SSSR count). The molecule has 1 aliphatic rings. The van der Waals surface area contributed by atoms with Gasteiger partial charge in [0.05, 0.1) is 23.4 Å². The number of fused-ring (bicyclic) bond motifs is 1. The maximum Gasteiger partial charge on any atom is 0.404 e. The molecular formula is C24H25N3O4. The van der Waals surface area contributed by atoms with Crippen LogP contribution in [0, 0.1) is 0 Å². The highest BCUT2D eigenvalue weighted by Crippen LogP contribution is 2.27. The summed E-state index contributed by atoms with van der Waals surface area (Å²) in [6, 6.07) is 16.9. The van der Waals surface area contributed by atoms with Crippen molar-refractivity contribution >= 4 is 22.9 Å². The van der Waals surface area contributed by atoms with Crippen LogP contribution in [0.1, 0.15) is 36.5 Å². The molecule has 0 aliphatic heterocycles. The maximum absolute atomic E-state index is 13.2. The second kappa shape index (κ2) is 9.04. The summed E-state index contributed by atoms with van der Waals surface area (Å²) in [4.78, 5) is 28.8. The molecule has 160 valence electrons. The summed E-state index contributed by atoms with van der Waals surface area (Å²) in [6.45, 7) is 2.54. The van der Waals surface area contributed by atoms with Gasteiger partial charge in [0.25, 0.3) is 5.91 Å². The van der Waals surface area contributed by atoms with Crippen molar-refractivity contribution < 1.29 is 19.4 Å². The van der Waals surface area contributed by atoms with E-state index < -0.39 is 6.09 Å². The molecule has 0 unspecified atom stereocenters. The fourth-order valence-electron chi connectivity index (χ4n) is 4.08. The van der Waals surface area contributed by atoms with Crippen molar-refractivity contribution in [2.24, 2.45) is 0 Å². The van der Waals surface area contributed by atoms with Gasteiger partial charge >= 0.3 is 6.09 Å². The maximum atomic E-state index is 13.2. The normalized spacial score (nSPS) is 18.0. The van der Waals surface area contributed by atoms with E-state index in [2.05, 4.69) is 10.6 Å². The molecule has 2 amide bonds. The van der Waals surface area contributed by atoms with E-state index in [1.54, 1.807) is 0 Å². The Balaban J connectivity index is 1.60. The molecule has 1 heterocycles. The number of carbonyl (C=O) groups excluding carboxylic acids is 1. The summed E-state index contributed by atoms with van der Waals surface area (Å²) in [5.41, 5.74) is 2.92. The molecule has 0 radical (unpaired) electrons. The Labute approximate surface area is 180 Å². The summed E-state index contributed by atoms with van der Waals surface area (Å²) in [5.74, 6) is 0.613. The number of ether oxygens (including phenoxy) is 1. The fourth-order valence-corrected chi connectivity index (χ4v) is 4.08. The van der Waals surface area contributed by atoms with Crippen molar-refractivity contribution in [3.8, 4) is 17.0 Å². The summed E-state index contributed by atoms with van der Waals surface area (Å²) >= 11 is 0. The Morgan fingerprint density at radius 2 is 1.77 bits per heavy atom. The number of hydrogen-bond donors (Lipinski definition) is 3. The summed E-state index contributed by atoms with van der Waals surface area (Å²) in [5, 5.41) is 15.3. The van der Waals surface area contributed by atoms with Crippen LogP contribution in [0.25, 0.3) is 22.2 Å². The Hall–Kier alpha value is -3.61. The van der Waals surface area contributed by atoms with Crippen molar-refractivity contribution in [2.75, 3.05) is 6.61 Å². The highest BCUT2D eigenvalue weighted by molar-refractivity contribution is 6.07. The number of rotatable bonds is 6. The number of hydrogen-bond acceptors (Lipinski definition) is 4. The number of carboxylic acid groups (broad SMARTS) is 1. The minimum Gasteiger partial charge on any atom is -0.494 e. The fraction of sp³-hybridized carbons (Fsp3) is 0.292. The van der Waals surface area contributed by atoms with E-state index in [-0.39, 0.29) is 18.0 Å². The predicted octanol–water partition coefficient (Wildman–Crippen LogP) is 4.22. The molecule has 3 N–H and O–H groups in total. The smallest absolute Gasteiger partial charge is 0.404 e. The molecule has 1 fully saturated rings. The number of benzene rings is 2. The van der Waals surface area contributed by atoms with Crippen LogP contribution >= 0.6 is 0 Å². The topological polar surface area (TPSA) is 101 Å². The number of aromatic nitrogens is 1. The number of carbonyl (C=O) groups is 2. The van der Waals surface area contributed by atoms with Gasteiger partial charge in [0.2, 0.25) is 0 Å². The minimum absolute atomic E-state index is 0.0646. The first kappa shape index (κ1) is 20.7. The molecule has 1 aliphatic carbocycles. The van der Waals surface area contributed by atoms with Gasteiger partial charge in [-0.2, -0.15) is 0 Å². The predicted molar refractivity (Wildman–Crippen MR) is 118 cm³/mol. The van der Waals surface area contributed by atoms with Gasteiger partial charge in [-0.3, -0.25) is 4.79 Å². The largest absolute Gasteiger partial charge is 0.494 e. The first-order valence-electron chi connectivity index (χ1n) is 10.5. The van der Waals surface area contributed by atoms with Crippen molar-refractivity contribution in [3.63, 3.8) is 0 Å². The van der Waals surface area contributed by atoms with Crippen molar-refractivity contribution in [3.05, 3.63) is 60.2 Å². The number of pyridine rings is 1. The van der Waals surface area contributed by atoms with E-state index in [0.717, 1.165) is 28.6 Å². The van der Waals surface area contributed by atoms with E-state index in [9.17, 15) is 9.59 Å². The monoisotopic (exact) mass is 419 g/mol. The zero-order valence-corrected chi connectivity index (χ0v) is 17.3. The summed E-state index contributed by atoms with van der Waals surface area (Å²) in [6.07, 6.45) is 1.02. The van der Waals surface area contributed by atoms with Crippen LogP contribution in [0.15, 0.2) is 54.6 Å². The van der Waals surface area contributed by atoms with Crippen LogP contribution in [-0.2, 0) is 0 Å². The first-order valence-corrected chi connectivity index (χ1v) is 10.5. The lowest BCUT2D eigenvalue weighted by Gasteiger charge is -2.15. The van der Waals surface area contributed by atoms with Gasteiger partial charge in [0.15, 0.2) is 0 Å². The van der Waals surface area contributed by atoms with Crippen molar-refractivity contribution in [1.82, 2.24) is 15.6 Å². The Kier molecular flexibility index (Phi) is 6.02. The Bertz CT molecular complexity index is 1100. The Morgan fingerprint density at radius 3 is 2.48 bits per heavy atom. The van der Waals surface area contributed by atoms with Crippen molar-refractivity contribution in [1.29, 1.82) is 0 Å². The molecule has 2 atom stereocenters. The van der Waals surface area contributed by atoms with Gasteiger partial charge < -0.3 is 20.5 Å². The molecule has 1 saturated carbocycles. The van der Waals surface area contributed by atoms with E-state index in [4.69, 9.17) is 14.8 Å². The second-order valence-electron chi connectivity index (χ2n) is 7.66. The molecule has 7 nitrogen and oxygen atoms in total. The average Bonchev–Trinajstić information content (AvgIpc) is 3.19. The van der Waals surface area contributed by atoms with Gasteiger partial charge in [0.1, 0.15) is 5.75 Å². The van der Waals surface area contributed by atoms with E-state index in [1.165, 1.54) is 0 Å². The minimum atomic E-state index is -1.03. The highest BCUT2D eigenvalue weighted by Gasteiger charge is 2.27. The summed E-state index contributed by atoms with van der Waals surface area (Å²) < 4.78 is 5.51. The molecule has 0 saturated heterocycles. The molecule has 3 aromatic rings. The van der Waals surface area contributed by atoms with Crippen LogP contribution in [0.3, 0.4) is 0 Å². The highest BCUT2D eigenvalue weighted by atomic mass is 16.5. The number of nitrogens with one attached hydrogen (secondary N) is 2. The number of amides is 2. The number of nitrogens with zero attached hydrogens (tertiary/aromatic N) is 1. The van der Waals surface area contributed by atoms with E-state index >= 15 is 0 Å². The SMILES string of the molecule is CCOc1ccc(-c2cc(C(=O)N[C@H]3CC[C@@H](NC(=O)O)C3)c3ccccc3n2)cc1. The lowest BCUT2D eigenvalue weighted by atomic mass is 10.0. The molecule has 2 aromatic carbocycles. The molecule has 0 spiro atoms.